The summed E-state index contributed by atoms with van der Waals surface area (Å²) in [5.74, 6) is -1.04. The molecule has 6 nitrogen and oxygen atoms in total. The van der Waals surface area contributed by atoms with Gasteiger partial charge in [-0.3, -0.25) is 15.0 Å². The summed E-state index contributed by atoms with van der Waals surface area (Å²) in [4.78, 5) is 26.7. The molecule has 1 N–H and O–H groups in total. The highest BCUT2D eigenvalue weighted by Gasteiger charge is 2.38. The van der Waals surface area contributed by atoms with Crippen LogP contribution in [0.1, 0.15) is 12.0 Å². The number of nitrogens with one attached hydrogen (secondary N) is 1. The summed E-state index contributed by atoms with van der Waals surface area (Å²) in [6.45, 7) is 4.88. The van der Waals surface area contributed by atoms with Crippen LogP contribution in [0.25, 0.3) is 0 Å². The van der Waals surface area contributed by atoms with Crippen molar-refractivity contribution in [2.75, 3.05) is 37.7 Å². The number of benzene rings is 1. The van der Waals surface area contributed by atoms with Gasteiger partial charge in [-0.2, -0.15) is 0 Å². The number of anilines is 1. The Morgan fingerprint density at radius 3 is 2.78 bits per heavy atom. The Bertz CT molecular complexity index is 617. The van der Waals surface area contributed by atoms with Crippen molar-refractivity contribution in [1.82, 2.24) is 10.4 Å². The lowest BCUT2D eigenvalue weighted by molar-refractivity contribution is -0.137. The number of rotatable bonds is 3. The topological polar surface area (TPSA) is 61.9 Å². The summed E-state index contributed by atoms with van der Waals surface area (Å²) in [6.07, 6.45) is 0.515. The number of ether oxygens (including phenoxy) is 1. The summed E-state index contributed by atoms with van der Waals surface area (Å²) >= 11 is 6.13. The van der Waals surface area contributed by atoms with Crippen LogP contribution in [-0.2, 0) is 14.3 Å². The smallest absolute Gasteiger partial charge is 0.246 e. The van der Waals surface area contributed by atoms with Gasteiger partial charge in [0.25, 0.3) is 0 Å². The third kappa shape index (κ3) is 3.34. The van der Waals surface area contributed by atoms with Gasteiger partial charge in [0.2, 0.25) is 11.8 Å². The quantitative estimate of drug-likeness (QED) is 0.846. The molecular formula is C16H20ClN3O3. The highest BCUT2D eigenvalue weighted by atomic mass is 35.5. The average molecular weight is 338 g/mol. The van der Waals surface area contributed by atoms with E-state index >= 15 is 0 Å². The van der Waals surface area contributed by atoms with Crippen LogP contribution in [0.2, 0.25) is 5.02 Å². The van der Waals surface area contributed by atoms with Crippen LogP contribution >= 0.6 is 11.6 Å². The molecule has 0 radical (unpaired) electrons. The summed E-state index contributed by atoms with van der Waals surface area (Å²) < 4.78 is 5.25. The Balaban J connectivity index is 1.68. The lowest BCUT2D eigenvalue weighted by Gasteiger charge is -2.28. The Hall–Kier alpha value is -1.63. The number of halogens is 1. The maximum absolute atomic E-state index is 12.6. The van der Waals surface area contributed by atoms with Crippen molar-refractivity contribution in [3.63, 3.8) is 0 Å². The first kappa shape index (κ1) is 16.2. The zero-order valence-corrected chi connectivity index (χ0v) is 13.8. The first-order valence-corrected chi connectivity index (χ1v) is 8.15. The van der Waals surface area contributed by atoms with E-state index in [1.54, 1.807) is 11.0 Å². The normalized spacial score (nSPS) is 22.4. The number of hydrazine groups is 1. The largest absolute Gasteiger partial charge is 0.379 e. The molecule has 0 saturated carbocycles. The molecule has 0 bridgehead atoms. The van der Waals surface area contributed by atoms with Crippen molar-refractivity contribution in [3.05, 3.63) is 28.8 Å². The molecule has 23 heavy (non-hydrogen) atoms. The van der Waals surface area contributed by atoms with Crippen molar-refractivity contribution in [3.8, 4) is 0 Å². The van der Waals surface area contributed by atoms with Crippen molar-refractivity contribution >= 4 is 29.1 Å². The number of carbonyl (C=O) groups excluding carboxylic acids is 2. The fourth-order valence-electron chi connectivity index (χ4n) is 2.96. The van der Waals surface area contributed by atoms with Gasteiger partial charge in [-0.15, -0.1) is 0 Å². The number of carbonyl (C=O) groups is 2. The maximum atomic E-state index is 12.6. The zero-order valence-electron chi connectivity index (χ0n) is 13.0. The molecule has 3 rings (SSSR count). The molecule has 0 unspecified atom stereocenters. The van der Waals surface area contributed by atoms with Crippen LogP contribution in [-0.4, -0.2) is 49.7 Å². The van der Waals surface area contributed by atoms with Gasteiger partial charge in [-0.25, -0.2) is 5.01 Å². The van der Waals surface area contributed by atoms with Gasteiger partial charge in [0.1, 0.15) is 5.92 Å². The van der Waals surface area contributed by atoms with Crippen LogP contribution < -0.4 is 10.3 Å². The van der Waals surface area contributed by atoms with Crippen molar-refractivity contribution in [2.24, 2.45) is 5.92 Å². The van der Waals surface area contributed by atoms with Gasteiger partial charge in [-0.1, -0.05) is 17.7 Å². The number of hydrogen-bond donors (Lipinski definition) is 1. The van der Waals surface area contributed by atoms with E-state index in [4.69, 9.17) is 16.3 Å². The molecule has 2 aliphatic rings. The van der Waals surface area contributed by atoms with Gasteiger partial charge < -0.3 is 9.64 Å². The molecule has 1 aromatic carbocycles. The maximum Gasteiger partial charge on any atom is 0.246 e. The predicted molar refractivity (Wildman–Crippen MR) is 87.2 cm³/mol. The van der Waals surface area contributed by atoms with E-state index in [0.29, 0.717) is 44.3 Å². The van der Waals surface area contributed by atoms with Crippen molar-refractivity contribution in [2.45, 2.75) is 13.3 Å². The number of nitrogens with zero attached hydrogens (tertiary/aromatic N) is 2. The van der Waals surface area contributed by atoms with E-state index in [9.17, 15) is 9.59 Å². The molecule has 2 amide bonds. The SMILES string of the molecule is Cc1c(Cl)cccc1N1CC[C@@H](C(=O)NN2CCOCC2)C1=O. The predicted octanol–water partition coefficient (Wildman–Crippen LogP) is 1.36. The van der Waals surface area contributed by atoms with E-state index < -0.39 is 5.92 Å². The fraction of sp³-hybridized carbons (Fsp3) is 0.500. The van der Waals surface area contributed by atoms with E-state index in [1.807, 2.05) is 24.1 Å². The molecule has 124 valence electrons. The van der Waals surface area contributed by atoms with Gasteiger partial charge in [-0.05, 0) is 31.0 Å². The van der Waals surface area contributed by atoms with Crippen molar-refractivity contribution in [1.29, 1.82) is 0 Å². The molecule has 0 spiro atoms. The molecule has 1 aromatic rings. The van der Waals surface area contributed by atoms with Crippen LogP contribution in [0, 0.1) is 12.8 Å². The molecule has 0 aromatic heterocycles. The van der Waals surface area contributed by atoms with Crippen LogP contribution in [0.4, 0.5) is 5.69 Å². The van der Waals surface area contributed by atoms with Crippen LogP contribution in [0.15, 0.2) is 18.2 Å². The second-order valence-electron chi connectivity index (χ2n) is 5.79. The van der Waals surface area contributed by atoms with E-state index in [0.717, 1.165) is 11.3 Å². The Morgan fingerprint density at radius 2 is 2.04 bits per heavy atom. The van der Waals surface area contributed by atoms with Crippen LogP contribution in [0.3, 0.4) is 0 Å². The standard InChI is InChI=1S/C16H20ClN3O3/c1-11-13(17)3-2-4-14(11)20-6-5-12(16(20)22)15(21)18-19-7-9-23-10-8-19/h2-4,12H,5-10H2,1H3,(H,18,21)/t12-/m0/s1. The summed E-state index contributed by atoms with van der Waals surface area (Å²) in [5.41, 5.74) is 4.47. The third-order valence-electron chi connectivity index (χ3n) is 4.33. The Labute approximate surface area is 140 Å². The molecule has 2 heterocycles. The highest BCUT2D eigenvalue weighted by molar-refractivity contribution is 6.31. The molecule has 2 saturated heterocycles. The summed E-state index contributed by atoms with van der Waals surface area (Å²) in [6, 6.07) is 5.48. The Kier molecular flexibility index (Phi) is 4.84. The Morgan fingerprint density at radius 1 is 1.30 bits per heavy atom. The van der Waals surface area contributed by atoms with Gasteiger partial charge in [0.15, 0.2) is 0 Å². The van der Waals surface area contributed by atoms with Gasteiger partial charge in [0, 0.05) is 30.3 Å². The minimum atomic E-state index is -0.642. The van der Waals surface area contributed by atoms with Gasteiger partial charge in [0.05, 0.1) is 13.2 Å². The second-order valence-corrected chi connectivity index (χ2v) is 6.20. The molecule has 1 atom stereocenters. The number of hydrogen-bond acceptors (Lipinski definition) is 4. The molecule has 0 aliphatic carbocycles. The second kappa shape index (κ2) is 6.86. The monoisotopic (exact) mass is 337 g/mol. The summed E-state index contributed by atoms with van der Waals surface area (Å²) in [7, 11) is 0. The van der Waals surface area contributed by atoms with E-state index in [-0.39, 0.29) is 11.8 Å². The molecular weight excluding hydrogens is 318 g/mol. The fourth-order valence-corrected chi connectivity index (χ4v) is 3.13. The zero-order chi connectivity index (χ0) is 16.4. The van der Waals surface area contributed by atoms with Gasteiger partial charge >= 0.3 is 0 Å². The minimum Gasteiger partial charge on any atom is -0.379 e. The molecule has 7 heteroatoms. The molecule has 2 fully saturated rings. The average Bonchev–Trinajstić information content (AvgIpc) is 2.93. The van der Waals surface area contributed by atoms with E-state index in [2.05, 4.69) is 5.43 Å². The first-order valence-electron chi connectivity index (χ1n) is 7.77. The van der Waals surface area contributed by atoms with Crippen LogP contribution in [0.5, 0.6) is 0 Å². The van der Waals surface area contributed by atoms with Crippen molar-refractivity contribution < 1.29 is 14.3 Å². The number of morpholine rings is 1. The lowest BCUT2D eigenvalue weighted by Crippen LogP contribution is -2.51. The minimum absolute atomic E-state index is 0.166. The summed E-state index contributed by atoms with van der Waals surface area (Å²) in [5, 5.41) is 2.43. The lowest BCUT2D eigenvalue weighted by atomic mass is 10.1. The van der Waals surface area contributed by atoms with E-state index in [1.165, 1.54) is 0 Å². The number of amides is 2. The first-order chi connectivity index (χ1) is 11.1. The third-order valence-corrected chi connectivity index (χ3v) is 4.74. The molecule has 2 aliphatic heterocycles. The highest BCUT2D eigenvalue weighted by Crippen LogP contribution is 2.31.